The van der Waals surface area contributed by atoms with E-state index in [1.807, 2.05) is 6.07 Å². The Balaban J connectivity index is 1.38. The molecule has 1 aromatic heterocycles. The molecular weight excluding hydrogens is 367 g/mol. The Kier molecular flexibility index (Phi) is 6.37. The molecule has 0 spiro atoms. The van der Waals surface area contributed by atoms with E-state index in [9.17, 15) is 9.18 Å². The van der Waals surface area contributed by atoms with Gasteiger partial charge >= 0.3 is 0 Å². The molecule has 1 aliphatic carbocycles. The fraction of sp³-hybridized carbons (Fsp3) is 0.522. The predicted molar refractivity (Wildman–Crippen MR) is 112 cm³/mol. The van der Waals surface area contributed by atoms with Gasteiger partial charge in [0.2, 0.25) is 11.9 Å². The monoisotopic (exact) mass is 396 g/mol. The molecule has 1 amide bonds. The van der Waals surface area contributed by atoms with E-state index in [1.54, 1.807) is 18.5 Å². The summed E-state index contributed by atoms with van der Waals surface area (Å²) in [5.74, 6) is 0.527. The van der Waals surface area contributed by atoms with Crippen LogP contribution in [-0.2, 0) is 4.79 Å². The lowest BCUT2D eigenvalue weighted by Crippen LogP contribution is -2.46. The molecule has 2 heterocycles. The van der Waals surface area contributed by atoms with E-state index in [0.29, 0.717) is 18.5 Å². The number of halogens is 1. The zero-order chi connectivity index (χ0) is 20.1. The van der Waals surface area contributed by atoms with Gasteiger partial charge in [0.1, 0.15) is 5.82 Å². The highest BCUT2D eigenvalue weighted by atomic mass is 19.1. The second-order valence-corrected chi connectivity index (χ2v) is 8.26. The van der Waals surface area contributed by atoms with Crippen LogP contribution in [0.3, 0.4) is 0 Å². The zero-order valence-corrected chi connectivity index (χ0v) is 16.8. The minimum atomic E-state index is -0.273. The van der Waals surface area contributed by atoms with Crippen molar-refractivity contribution in [2.45, 2.75) is 57.4 Å². The summed E-state index contributed by atoms with van der Waals surface area (Å²) in [5, 5.41) is 3.29. The van der Waals surface area contributed by atoms with Crippen LogP contribution < -0.4 is 10.2 Å². The van der Waals surface area contributed by atoms with Gasteiger partial charge in [-0.1, -0.05) is 37.8 Å². The molecule has 29 heavy (non-hydrogen) atoms. The number of benzene rings is 1. The van der Waals surface area contributed by atoms with Gasteiger partial charge in [0, 0.05) is 37.1 Å². The fourth-order valence-electron chi connectivity index (χ4n) is 4.42. The second-order valence-electron chi connectivity index (χ2n) is 8.26. The number of rotatable bonds is 4. The first-order chi connectivity index (χ1) is 14.2. The number of piperidine rings is 1. The summed E-state index contributed by atoms with van der Waals surface area (Å²) >= 11 is 0. The second kappa shape index (κ2) is 9.33. The summed E-state index contributed by atoms with van der Waals surface area (Å²) in [5.41, 5.74) is 1.55. The van der Waals surface area contributed by atoms with Gasteiger partial charge in [0.15, 0.2) is 0 Å². The van der Waals surface area contributed by atoms with Crippen LogP contribution in [0.2, 0.25) is 0 Å². The highest BCUT2D eigenvalue weighted by molar-refractivity contribution is 5.79. The molecule has 154 valence electrons. The van der Waals surface area contributed by atoms with Crippen LogP contribution in [0.25, 0.3) is 11.1 Å². The molecule has 0 radical (unpaired) electrons. The van der Waals surface area contributed by atoms with E-state index in [0.717, 1.165) is 43.4 Å². The molecule has 0 unspecified atom stereocenters. The molecule has 4 rings (SSSR count). The van der Waals surface area contributed by atoms with Gasteiger partial charge in [-0.15, -0.1) is 0 Å². The molecule has 1 atom stereocenters. The highest BCUT2D eigenvalue weighted by Gasteiger charge is 2.28. The van der Waals surface area contributed by atoms with E-state index in [4.69, 9.17) is 0 Å². The number of hydrogen-bond donors (Lipinski definition) is 1. The summed E-state index contributed by atoms with van der Waals surface area (Å²) < 4.78 is 13.4. The van der Waals surface area contributed by atoms with E-state index < -0.39 is 0 Å². The summed E-state index contributed by atoms with van der Waals surface area (Å²) in [4.78, 5) is 23.9. The molecule has 5 nitrogen and oxygen atoms in total. The van der Waals surface area contributed by atoms with Crippen LogP contribution in [0.15, 0.2) is 36.7 Å². The molecule has 1 aliphatic heterocycles. The number of carbonyl (C=O) groups is 1. The Morgan fingerprint density at radius 3 is 2.48 bits per heavy atom. The molecule has 2 aromatic rings. The van der Waals surface area contributed by atoms with Crippen molar-refractivity contribution < 1.29 is 9.18 Å². The van der Waals surface area contributed by atoms with E-state index in [1.165, 1.54) is 37.8 Å². The molecule has 1 N–H and O–H groups in total. The van der Waals surface area contributed by atoms with Crippen LogP contribution in [-0.4, -0.2) is 35.0 Å². The lowest BCUT2D eigenvalue weighted by Gasteiger charge is -2.33. The highest BCUT2D eigenvalue weighted by Crippen LogP contribution is 2.24. The van der Waals surface area contributed by atoms with E-state index in [2.05, 4.69) is 20.2 Å². The van der Waals surface area contributed by atoms with Crippen LogP contribution in [0.4, 0.5) is 10.3 Å². The van der Waals surface area contributed by atoms with Crippen molar-refractivity contribution in [3.8, 4) is 11.1 Å². The average molecular weight is 397 g/mol. The van der Waals surface area contributed by atoms with E-state index >= 15 is 0 Å². The minimum absolute atomic E-state index is 0.0153. The number of aromatic nitrogens is 2. The van der Waals surface area contributed by atoms with Crippen molar-refractivity contribution in [2.75, 3.05) is 18.0 Å². The fourth-order valence-corrected chi connectivity index (χ4v) is 4.42. The Morgan fingerprint density at radius 2 is 1.76 bits per heavy atom. The van der Waals surface area contributed by atoms with Gasteiger partial charge < -0.3 is 10.2 Å². The zero-order valence-electron chi connectivity index (χ0n) is 16.8. The maximum Gasteiger partial charge on any atom is 0.225 e. The van der Waals surface area contributed by atoms with Crippen molar-refractivity contribution in [1.82, 2.24) is 15.3 Å². The largest absolute Gasteiger partial charge is 0.353 e. The van der Waals surface area contributed by atoms with Gasteiger partial charge in [-0.05, 0) is 43.4 Å². The van der Waals surface area contributed by atoms with Crippen LogP contribution in [0.1, 0.15) is 51.4 Å². The first-order valence-electron chi connectivity index (χ1n) is 10.8. The SMILES string of the molecule is O=C(NC1CCCCCC1)[C@@H]1CCCN(c2ncc(-c3cccc(F)c3)cn2)C1. The number of nitrogens with one attached hydrogen (secondary N) is 1. The first-order valence-corrected chi connectivity index (χ1v) is 10.8. The number of carbonyl (C=O) groups excluding carboxylic acids is 1. The van der Waals surface area contributed by atoms with Gasteiger partial charge in [-0.25, -0.2) is 14.4 Å². The van der Waals surface area contributed by atoms with Crippen LogP contribution in [0.5, 0.6) is 0 Å². The topological polar surface area (TPSA) is 58.1 Å². The Labute approximate surface area is 171 Å². The van der Waals surface area contributed by atoms with Gasteiger partial charge in [0.05, 0.1) is 5.92 Å². The Hall–Kier alpha value is -2.50. The molecule has 1 saturated heterocycles. The molecule has 1 saturated carbocycles. The lowest BCUT2D eigenvalue weighted by atomic mass is 9.96. The smallest absolute Gasteiger partial charge is 0.225 e. The van der Waals surface area contributed by atoms with Gasteiger partial charge in [-0.3, -0.25) is 4.79 Å². The minimum Gasteiger partial charge on any atom is -0.353 e. The third kappa shape index (κ3) is 5.11. The molecule has 0 bridgehead atoms. The Bertz CT molecular complexity index is 818. The summed E-state index contributed by atoms with van der Waals surface area (Å²) in [6.45, 7) is 1.50. The standard InChI is InChI=1S/C23H29FN4O/c24-20-9-5-7-17(13-20)19-14-25-23(26-15-19)28-12-6-8-18(16-28)22(29)27-21-10-3-1-2-4-11-21/h5,7,9,13-15,18,21H,1-4,6,8,10-12,16H2,(H,27,29)/t18-/m1/s1. The van der Waals surface area contributed by atoms with Gasteiger partial charge in [0.25, 0.3) is 0 Å². The first kappa shape index (κ1) is 19.8. The van der Waals surface area contributed by atoms with E-state index in [-0.39, 0.29) is 17.6 Å². The molecular formula is C23H29FN4O. The van der Waals surface area contributed by atoms with Crippen molar-refractivity contribution in [2.24, 2.45) is 5.92 Å². The number of hydrogen-bond acceptors (Lipinski definition) is 4. The van der Waals surface area contributed by atoms with Gasteiger partial charge in [-0.2, -0.15) is 0 Å². The molecule has 1 aromatic carbocycles. The molecule has 6 heteroatoms. The number of amides is 1. The quantitative estimate of drug-likeness (QED) is 0.781. The van der Waals surface area contributed by atoms with Crippen molar-refractivity contribution in [1.29, 1.82) is 0 Å². The van der Waals surface area contributed by atoms with Crippen LogP contribution in [0, 0.1) is 11.7 Å². The summed E-state index contributed by atoms with van der Waals surface area (Å²) in [7, 11) is 0. The van der Waals surface area contributed by atoms with Crippen LogP contribution >= 0.6 is 0 Å². The van der Waals surface area contributed by atoms with Crippen molar-refractivity contribution in [3.63, 3.8) is 0 Å². The molecule has 2 aliphatic rings. The normalized spacial score (nSPS) is 20.9. The third-order valence-electron chi connectivity index (χ3n) is 6.07. The van der Waals surface area contributed by atoms with Crippen molar-refractivity contribution in [3.05, 3.63) is 42.5 Å². The maximum absolute atomic E-state index is 13.4. The molecule has 2 fully saturated rings. The summed E-state index contributed by atoms with van der Waals surface area (Å²) in [6, 6.07) is 6.76. The average Bonchev–Trinajstić information content (AvgIpc) is 3.03. The maximum atomic E-state index is 13.4. The third-order valence-corrected chi connectivity index (χ3v) is 6.07. The number of nitrogens with zero attached hydrogens (tertiary/aromatic N) is 3. The lowest BCUT2D eigenvalue weighted by molar-refractivity contribution is -0.126. The number of anilines is 1. The Morgan fingerprint density at radius 1 is 1.00 bits per heavy atom. The predicted octanol–water partition coefficient (Wildman–Crippen LogP) is 4.34. The van der Waals surface area contributed by atoms with Crippen molar-refractivity contribution >= 4 is 11.9 Å². The summed E-state index contributed by atoms with van der Waals surface area (Å²) in [6.07, 6.45) is 12.5.